The highest BCUT2D eigenvalue weighted by Crippen LogP contribution is 2.50. The third-order valence-electron chi connectivity index (χ3n) is 2.35. The van der Waals surface area contributed by atoms with Gasteiger partial charge in [-0.05, 0) is 12.1 Å². The molecule has 2 rings (SSSR count). The average molecular weight is 353 g/mol. The van der Waals surface area contributed by atoms with Crippen molar-refractivity contribution in [3.05, 3.63) is 60.5 Å². The lowest BCUT2D eigenvalue weighted by molar-refractivity contribution is -0.384. The fraction of sp³-hybridized carbons (Fsp3) is 0. The highest BCUT2D eigenvalue weighted by Gasteiger charge is 2.29. The molecule has 20 heavy (non-hydrogen) atoms. The quantitative estimate of drug-likeness (QED) is 0.294. The van der Waals surface area contributed by atoms with Gasteiger partial charge in [0.25, 0.3) is 0 Å². The zero-order chi connectivity index (χ0) is 14.9. The molecule has 0 bridgehead atoms. The van der Waals surface area contributed by atoms with Gasteiger partial charge >= 0.3 is 5.69 Å². The van der Waals surface area contributed by atoms with Gasteiger partial charge in [0, 0.05) is 0 Å². The van der Waals surface area contributed by atoms with Crippen molar-refractivity contribution >= 4 is 52.1 Å². The van der Waals surface area contributed by atoms with E-state index in [1.807, 2.05) is 0 Å². The molecule has 0 saturated carbocycles. The highest BCUT2D eigenvalue weighted by atomic mass is 35.5. The Bertz CT molecular complexity index is 676. The summed E-state index contributed by atoms with van der Waals surface area (Å²) in [5.41, 5.74) is -0.548. The molecular weight excluding hydrogens is 348 g/mol. The van der Waals surface area contributed by atoms with Gasteiger partial charge in [-0.25, -0.2) is 0 Å². The van der Waals surface area contributed by atoms with Crippen LogP contribution >= 0.6 is 46.4 Å². The fourth-order valence-electron chi connectivity index (χ4n) is 1.46. The van der Waals surface area contributed by atoms with E-state index >= 15 is 0 Å². The second kappa shape index (κ2) is 6.06. The van der Waals surface area contributed by atoms with Crippen LogP contribution in [0.3, 0.4) is 0 Å². The first-order valence-corrected chi connectivity index (χ1v) is 6.68. The molecular formula is C12H5Cl4NO3. The summed E-state index contributed by atoms with van der Waals surface area (Å²) in [7, 11) is 0. The van der Waals surface area contributed by atoms with E-state index in [0.717, 1.165) is 0 Å². The lowest BCUT2D eigenvalue weighted by atomic mass is 10.3. The number of benzene rings is 2. The highest BCUT2D eigenvalue weighted by molar-refractivity contribution is 6.51. The molecule has 0 heterocycles. The number of ether oxygens (including phenoxy) is 1. The van der Waals surface area contributed by atoms with Gasteiger partial charge in [0.2, 0.25) is 0 Å². The molecule has 0 fully saturated rings. The van der Waals surface area contributed by atoms with Crippen molar-refractivity contribution in [3.8, 4) is 11.5 Å². The monoisotopic (exact) mass is 351 g/mol. The van der Waals surface area contributed by atoms with Crippen molar-refractivity contribution in [1.29, 1.82) is 0 Å². The molecule has 0 aromatic heterocycles. The molecule has 8 heteroatoms. The Labute approximate surface area is 133 Å². The molecule has 2 aromatic carbocycles. The Hall–Kier alpha value is -1.20. The Morgan fingerprint density at radius 2 is 1.50 bits per heavy atom. The van der Waals surface area contributed by atoms with Crippen molar-refractivity contribution in [3.63, 3.8) is 0 Å². The summed E-state index contributed by atoms with van der Waals surface area (Å²) in [5, 5.41) is 10.1. The molecule has 0 spiro atoms. The van der Waals surface area contributed by atoms with E-state index in [-0.39, 0.29) is 25.8 Å². The first-order valence-electron chi connectivity index (χ1n) is 5.16. The standard InChI is InChI=1S/C12H5Cl4NO3/c13-7-8(14)11(17(18)19)10(16)12(9(7)15)20-6-4-2-1-3-5-6/h1-5H. The Morgan fingerprint density at radius 1 is 0.900 bits per heavy atom. The number of halogens is 4. The van der Waals surface area contributed by atoms with Crippen molar-refractivity contribution in [1.82, 2.24) is 0 Å². The maximum absolute atomic E-state index is 11.0. The Morgan fingerprint density at radius 3 is 2.05 bits per heavy atom. The Kier molecular flexibility index (Phi) is 4.60. The van der Waals surface area contributed by atoms with Crippen LogP contribution in [-0.2, 0) is 0 Å². The Balaban J connectivity index is 2.61. The van der Waals surface area contributed by atoms with Crippen molar-refractivity contribution in [2.24, 2.45) is 0 Å². The SMILES string of the molecule is O=[N+]([O-])c1c(Cl)c(Cl)c(Cl)c(Oc2ccccc2)c1Cl. The van der Waals surface area contributed by atoms with Crippen LogP contribution in [0.1, 0.15) is 0 Å². The largest absolute Gasteiger partial charge is 0.454 e. The molecule has 0 aliphatic carbocycles. The van der Waals surface area contributed by atoms with Gasteiger partial charge < -0.3 is 4.74 Å². The predicted octanol–water partition coefficient (Wildman–Crippen LogP) is 6.00. The normalized spacial score (nSPS) is 10.4. The number of nitro groups is 1. The number of nitrogens with zero attached hydrogens (tertiary/aromatic N) is 1. The second-order valence-corrected chi connectivity index (χ2v) is 5.12. The minimum absolute atomic E-state index is 0.0869. The minimum Gasteiger partial charge on any atom is -0.454 e. The smallest absolute Gasteiger partial charge is 0.311 e. The van der Waals surface area contributed by atoms with E-state index in [0.29, 0.717) is 5.75 Å². The van der Waals surface area contributed by atoms with Crippen LogP contribution in [0.25, 0.3) is 0 Å². The third kappa shape index (κ3) is 2.79. The van der Waals surface area contributed by atoms with E-state index in [2.05, 4.69) is 0 Å². The van der Waals surface area contributed by atoms with Crippen molar-refractivity contribution < 1.29 is 9.66 Å². The van der Waals surface area contributed by atoms with Crippen LogP contribution in [0.15, 0.2) is 30.3 Å². The lowest BCUT2D eigenvalue weighted by Gasteiger charge is -2.12. The van der Waals surface area contributed by atoms with Crippen molar-refractivity contribution in [2.45, 2.75) is 0 Å². The summed E-state index contributed by atoms with van der Waals surface area (Å²) in [6.45, 7) is 0. The first kappa shape index (κ1) is 15.2. The summed E-state index contributed by atoms with van der Waals surface area (Å²) >= 11 is 23.6. The fourth-order valence-corrected chi connectivity index (χ4v) is 2.56. The van der Waals surface area contributed by atoms with Gasteiger partial charge in [-0.1, -0.05) is 64.6 Å². The molecule has 0 atom stereocenters. The topological polar surface area (TPSA) is 52.4 Å². The zero-order valence-corrected chi connectivity index (χ0v) is 12.6. The minimum atomic E-state index is -0.745. The first-order chi connectivity index (χ1) is 9.43. The van der Waals surface area contributed by atoms with Gasteiger partial charge in [0.05, 0.1) is 9.95 Å². The van der Waals surface area contributed by atoms with E-state index in [9.17, 15) is 10.1 Å². The molecule has 0 unspecified atom stereocenters. The van der Waals surface area contributed by atoms with Crippen LogP contribution in [0.2, 0.25) is 20.1 Å². The molecule has 0 saturated heterocycles. The van der Waals surface area contributed by atoms with Gasteiger partial charge in [-0.3, -0.25) is 10.1 Å². The molecule has 2 aromatic rings. The van der Waals surface area contributed by atoms with Crippen molar-refractivity contribution in [2.75, 3.05) is 0 Å². The maximum atomic E-state index is 11.0. The number of nitro benzene ring substituents is 1. The lowest BCUT2D eigenvalue weighted by Crippen LogP contribution is -1.95. The molecule has 0 amide bonds. The molecule has 4 nitrogen and oxygen atoms in total. The molecule has 104 valence electrons. The number of hydrogen-bond donors (Lipinski definition) is 0. The molecule has 0 aliphatic heterocycles. The molecule has 0 N–H and O–H groups in total. The maximum Gasteiger partial charge on any atom is 0.311 e. The van der Waals surface area contributed by atoms with Gasteiger partial charge in [-0.15, -0.1) is 0 Å². The summed E-state index contributed by atoms with van der Waals surface area (Å²) in [6.07, 6.45) is 0. The average Bonchev–Trinajstić information content (AvgIpc) is 2.42. The third-order valence-corrected chi connectivity index (χ3v) is 4.00. The van der Waals surface area contributed by atoms with Gasteiger partial charge in [0.1, 0.15) is 15.8 Å². The van der Waals surface area contributed by atoms with Crippen LogP contribution in [0, 0.1) is 10.1 Å². The number of hydrogen-bond acceptors (Lipinski definition) is 3. The predicted molar refractivity (Wildman–Crippen MR) is 79.7 cm³/mol. The van der Waals surface area contributed by atoms with E-state index < -0.39 is 10.6 Å². The summed E-state index contributed by atoms with van der Waals surface area (Å²) in [6, 6.07) is 8.52. The second-order valence-electron chi connectivity index (χ2n) is 3.61. The van der Waals surface area contributed by atoms with Gasteiger partial charge in [-0.2, -0.15) is 0 Å². The summed E-state index contributed by atoms with van der Waals surface area (Å²) in [5.74, 6) is 0.296. The van der Waals surface area contributed by atoms with Crippen LogP contribution in [0.5, 0.6) is 11.5 Å². The van der Waals surface area contributed by atoms with Crippen LogP contribution in [-0.4, -0.2) is 4.92 Å². The number of para-hydroxylation sites is 1. The summed E-state index contributed by atoms with van der Waals surface area (Å²) < 4.78 is 5.46. The molecule has 0 radical (unpaired) electrons. The van der Waals surface area contributed by atoms with Crippen LogP contribution in [0.4, 0.5) is 5.69 Å². The molecule has 0 aliphatic rings. The van der Waals surface area contributed by atoms with E-state index in [1.165, 1.54) is 0 Å². The van der Waals surface area contributed by atoms with Gasteiger partial charge in [0.15, 0.2) is 10.8 Å². The van der Waals surface area contributed by atoms with E-state index in [1.54, 1.807) is 30.3 Å². The summed E-state index contributed by atoms with van der Waals surface area (Å²) in [4.78, 5) is 10.2. The van der Waals surface area contributed by atoms with E-state index in [4.69, 9.17) is 51.1 Å². The van der Waals surface area contributed by atoms with Crippen LogP contribution < -0.4 is 4.74 Å². The number of rotatable bonds is 3. The zero-order valence-electron chi connectivity index (χ0n) is 9.57.